The number of hydrogen-bond acceptors (Lipinski definition) is 1. The van der Waals surface area contributed by atoms with Gasteiger partial charge >= 0.3 is 0 Å². The maximum absolute atomic E-state index is 14.4. The first-order valence-electron chi connectivity index (χ1n) is 14.5. The van der Waals surface area contributed by atoms with Crippen molar-refractivity contribution in [3.63, 3.8) is 0 Å². The molecule has 0 radical (unpaired) electrons. The zero-order valence-corrected chi connectivity index (χ0v) is 21.8. The standard InChI is InChI=1S/C32H46F2O/c1-3-5-6-23-7-12-25(13-8-23)27-17-19-28(20-18-27)26-14-9-24(10-15-26)11-16-29-21-22-30(35-4-2)32(34)31(29)33/h3,11,16,21-28H,1,4-10,12-15,17-20H2,2H3/b16-11+. The Morgan fingerprint density at radius 1 is 0.800 bits per heavy atom. The highest BCUT2D eigenvalue weighted by Crippen LogP contribution is 2.46. The number of allylic oxidation sites excluding steroid dienone is 2. The largest absolute Gasteiger partial charge is 0.491 e. The van der Waals surface area contributed by atoms with Crippen LogP contribution in [0.2, 0.25) is 0 Å². The average Bonchev–Trinajstić information content (AvgIpc) is 2.90. The molecule has 0 atom stereocenters. The molecular formula is C32H46F2O. The second-order valence-electron chi connectivity index (χ2n) is 11.6. The third-order valence-electron chi connectivity index (χ3n) is 9.56. The van der Waals surface area contributed by atoms with E-state index in [1.807, 2.05) is 0 Å². The molecule has 3 aliphatic rings. The Kier molecular flexibility index (Phi) is 9.86. The minimum Gasteiger partial charge on any atom is -0.491 e. The van der Waals surface area contributed by atoms with E-state index in [2.05, 4.69) is 18.7 Å². The minimum absolute atomic E-state index is 0.00595. The molecule has 0 saturated heterocycles. The minimum atomic E-state index is -0.881. The summed E-state index contributed by atoms with van der Waals surface area (Å²) in [6.07, 6.45) is 25.0. The third kappa shape index (κ3) is 6.98. The number of ether oxygens (including phenoxy) is 1. The van der Waals surface area contributed by atoms with Gasteiger partial charge in [0, 0.05) is 5.56 Å². The van der Waals surface area contributed by atoms with Gasteiger partial charge in [-0.05, 0) is 132 Å². The van der Waals surface area contributed by atoms with Crippen LogP contribution in [-0.4, -0.2) is 6.61 Å². The normalized spacial score (nSPS) is 32.0. The van der Waals surface area contributed by atoms with Crippen LogP contribution in [0.5, 0.6) is 5.75 Å². The van der Waals surface area contributed by atoms with Gasteiger partial charge in [-0.3, -0.25) is 0 Å². The van der Waals surface area contributed by atoms with Crippen LogP contribution in [0, 0.1) is 47.1 Å². The Morgan fingerprint density at radius 2 is 1.34 bits per heavy atom. The molecule has 194 valence electrons. The number of rotatable bonds is 9. The van der Waals surface area contributed by atoms with Crippen LogP contribution >= 0.6 is 0 Å². The van der Waals surface area contributed by atoms with Crippen molar-refractivity contribution in [3.05, 3.63) is 48.1 Å². The van der Waals surface area contributed by atoms with E-state index in [1.165, 1.54) is 96.0 Å². The van der Waals surface area contributed by atoms with Gasteiger partial charge in [0.25, 0.3) is 0 Å². The molecule has 0 unspecified atom stereocenters. The van der Waals surface area contributed by atoms with Crippen molar-refractivity contribution >= 4 is 6.08 Å². The molecule has 0 aliphatic heterocycles. The zero-order chi connectivity index (χ0) is 24.6. The molecule has 0 aromatic heterocycles. The first kappa shape index (κ1) is 26.4. The highest BCUT2D eigenvalue weighted by atomic mass is 19.2. The third-order valence-corrected chi connectivity index (χ3v) is 9.56. The molecule has 0 amide bonds. The summed E-state index contributed by atoms with van der Waals surface area (Å²) in [6.45, 7) is 5.98. The molecule has 3 heteroatoms. The van der Waals surface area contributed by atoms with Gasteiger partial charge < -0.3 is 4.74 Å². The van der Waals surface area contributed by atoms with Crippen LogP contribution < -0.4 is 4.74 Å². The fourth-order valence-electron chi connectivity index (χ4n) is 7.38. The summed E-state index contributed by atoms with van der Waals surface area (Å²) in [5.41, 5.74) is 0.320. The zero-order valence-electron chi connectivity index (χ0n) is 21.8. The molecule has 4 rings (SSSR count). The summed E-state index contributed by atoms with van der Waals surface area (Å²) in [6, 6.07) is 3.15. The highest BCUT2D eigenvalue weighted by molar-refractivity contribution is 5.52. The van der Waals surface area contributed by atoms with Crippen molar-refractivity contribution in [1.82, 2.24) is 0 Å². The smallest absolute Gasteiger partial charge is 0.201 e. The Bertz CT molecular complexity index is 822. The Hall–Kier alpha value is -1.64. The predicted octanol–water partition coefficient (Wildman–Crippen LogP) is 9.76. The van der Waals surface area contributed by atoms with Crippen LogP contribution in [0.1, 0.15) is 102 Å². The molecule has 0 heterocycles. The van der Waals surface area contributed by atoms with Crippen LogP contribution in [-0.2, 0) is 0 Å². The van der Waals surface area contributed by atoms with E-state index in [-0.39, 0.29) is 5.75 Å². The van der Waals surface area contributed by atoms with Gasteiger partial charge in [0.2, 0.25) is 5.82 Å². The lowest BCUT2D eigenvalue weighted by atomic mass is 9.65. The molecule has 3 saturated carbocycles. The summed E-state index contributed by atoms with van der Waals surface area (Å²) in [5.74, 6) is 3.50. The Labute approximate surface area is 212 Å². The fourth-order valence-corrected chi connectivity index (χ4v) is 7.38. The van der Waals surface area contributed by atoms with Gasteiger partial charge in [-0.25, -0.2) is 4.39 Å². The van der Waals surface area contributed by atoms with E-state index in [4.69, 9.17) is 4.74 Å². The fraction of sp³-hybridized carbons (Fsp3) is 0.688. The van der Waals surface area contributed by atoms with Crippen molar-refractivity contribution < 1.29 is 13.5 Å². The van der Waals surface area contributed by atoms with Gasteiger partial charge in [-0.1, -0.05) is 31.1 Å². The van der Waals surface area contributed by atoms with E-state index in [1.54, 1.807) is 19.1 Å². The summed E-state index contributed by atoms with van der Waals surface area (Å²) >= 11 is 0. The molecular weight excluding hydrogens is 438 g/mol. The molecule has 0 N–H and O–H groups in total. The van der Waals surface area contributed by atoms with Gasteiger partial charge in [0.15, 0.2) is 11.6 Å². The summed E-state index contributed by atoms with van der Waals surface area (Å²) in [4.78, 5) is 0. The van der Waals surface area contributed by atoms with E-state index < -0.39 is 11.6 Å². The predicted molar refractivity (Wildman–Crippen MR) is 142 cm³/mol. The molecule has 0 spiro atoms. The van der Waals surface area contributed by atoms with Crippen molar-refractivity contribution in [1.29, 1.82) is 0 Å². The van der Waals surface area contributed by atoms with E-state index in [0.717, 1.165) is 29.6 Å². The molecule has 3 aliphatic carbocycles. The SMILES string of the molecule is C=CCCC1CCC(C2CCC(C3CCC(/C=C/c4ccc(OCC)c(F)c4F)CC3)CC2)CC1. The molecule has 0 bridgehead atoms. The van der Waals surface area contributed by atoms with Crippen LogP contribution in [0.4, 0.5) is 8.78 Å². The van der Waals surface area contributed by atoms with Crippen LogP contribution in [0.15, 0.2) is 30.9 Å². The first-order chi connectivity index (χ1) is 17.1. The monoisotopic (exact) mass is 484 g/mol. The van der Waals surface area contributed by atoms with Gasteiger partial charge in [0.1, 0.15) is 0 Å². The number of halogens is 2. The quantitative estimate of drug-likeness (QED) is 0.317. The van der Waals surface area contributed by atoms with Gasteiger partial charge in [-0.2, -0.15) is 4.39 Å². The Balaban J connectivity index is 1.18. The summed E-state index contributed by atoms with van der Waals surface area (Å²) in [5, 5.41) is 0. The Morgan fingerprint density at radius 3 is 1.89 bits per heavy atom. The summed E-state index contributed by atoms with van der Waals surface area (Å²) < 4.78 is 33.7. The topological polar surface area (TPSA) is 9.23 Å². The van der Waals surface area contributed by atoms with Crippen LogP contribution in [0.25, 0.3) is 6.08 Å². The first-order valence-corrected chi connectivity index (χ1v) is 14.5. The van der Waals surface area contributed by atoms with Crippen molar-refractivity contribution in [2.75, 3.05) is 6.61 Å². The maximum atomic E-state index is 14.4. The lowest BCUT2D eigenvalue weighted by Crippen LogP contribution is -2.29. The van der Waals surface area contributed by atoms with E-state index in [9.17, 15) is 8.78 Å². The van der Waals surface area contributed by atoms with Gasteiger partial charge in [0.05, 0.1) is 6.61 Å². The van der Waals surface area contributed by atoms with Crippen LogP contribution in [0.3, 0.4) is 0 Å². The molecule has 1 aromatic carbocycles. The van der Waals surface area contributed by atoms with E-state index in [0.29, 0.717) is 18.1 Å². The van der Waals surface area contributed by atoms with Crippen molar-refractivity contribution in [2.24, 2.45) is 35.5 Å². The van der Waals surface area contributed by atoms with Gasteiger partial charge in [-0.15, -0.1) is 6.58 Å². The molecule has 1 aromatic rings. The second-order valence-corrected chi connectivity index (χ2v) is 11.6. The maximum Gasteiger partial charge on any atom is 0.201 e. The molecule has 1 nitrogen and oxygen atoms in total. The number of benzene rings is 1. The van der Waals surface area contributed by atoms with Crippen molar-refractivity contribution in [2.45, 2.75) is 96.8 Å². The highest BCUT2D eigenvalue weighted by Gasteiger charge is 2.34. The lowest BCUT2D eigenvalue weighted by molar-refractivity contribution is 0.107. The van der Waals surface area contributed by atoms with Crippen molar-refractivity contribution in [3.8, 4) is 5.75 Å². The number of hydrogen-bond donors (Lipinski definition) is 0. The second kappa shape index (κ2) is 13.1. The lowest BCUT2D eigenvalue weighted by Gasteiger charge is -2.41. The molecule has 35 heavy (non-hydrogen) atoms. The van der Waals surface area contributed by atoms with E-state index >= 15 is 0 Å². The average molecular weight is 485 g/mol. The summed E-state index contributed by atoms with van der Waals surface area (Å²) in [7, 11) is 0. The molecule has 3 fully saturated rings.